The van der Waals surface area contributed by atoms with Gasteiger partial charge in [0, 0.05) is 25.7 Å². The van der Waals surface area contributed by atoms with Crippen LogP contribution in [-0.4, -0.2) is 56.2 Å². The number of ether oxygens (including phenoxy) is 3. The van der Waals surface area contributed by atoms with Crippen molar-refractivity contribution in [2.24, 2.45) is 10.8 Å². The quantitative estimate of drug-likeness (QED) is 0.120. The van der Waals surface area contributed by atoms with Gasteiger partial charge in [0.25, 0.3) is 0 Å². The smallest absolute Gasteiger partial charge is 0.312 e. The van der Waals surface area contributed by atoms with Crippen molar-refractivity contribution in [3.8, 4) is 0 Å². The summed E-state index contributed by atoms with van der Waals surface area (Å²) in [4.78, 5) is 23.8. The van der Waals surface area contributed by atoms with Gasteiger partial charge in [-0.15, -0.1) is 0 Å². The number of carbonyl (C=O) groups excluding carboxylic acids is 2. The molecule has 1 heterocycles. The highest BCUT2D eigenvalue weighted by Gasteiger charge is 2.51. The normalized spacial score (nSPS) is 26.3. The molecule has 0 aromatic heterocycles. The summed E-state index contributed by atoms with van der Waals surface area (Å²) in [6, 6.07) is 0. The molecule has 0 bridgehead atoms. The van der Waals surface area contributed by atoms with Gasteiger partial charge in [-0.1, -0.05) is 49.8 Å². The first-order valence-electron chi connectivity index (χ1n) is 15.0. The molecule has 4 fully saturated rings. The molecular weight excluding hydrogens is 611 g/mol. The van der Waals surface area contributed by atoms with E-state index in [1.54, 1.807) is 0 Å². The second-order valence-corrected chi connectivity index (χ2v) is 19.4. The first-order chi connectivity index (χ1) is 17.8. The van der Waals surface area contributed by atoms with Gasteiger partial charge in [0.05, 0.1) is 31.3 Å². The third-order valence-electron chi connectivity index (χ3n) is 10.2. The summed E-state index contributed by atoms with van der Waals surface area (Å²) in [5.74, 6) is 0.0386. The fourth-order valence-corrected chi connectivity index (χ4v) is 8.38. The van der Waals surface area contributed by atoms with Crippen LogP contribution in [0, 0.1) is 10.8 Å². The second-order valence-electron chi connectivity index (χ2n) is 13.6. The molecule has 4 rings (SSSR count). The lowest BCUT2D eigenvalue weighted by Crippen LogP contribution is -2.48. The van der Waals surface area contributed by atoms with E-state index < -0.39 is 14.1 Å². The number of alkyl halides is 1. The molecule has 0 radical (unpaired) electrons. The molecule has 38 heavy (non-hydrogen) atoms. The van der Waals surface area contributed by atoms with Crippen LogP contribution in [-0.2, 0) is 28.2 Å². The molecule has 6 nitrogen and oxygen atoms in total. The van der Waals surface area contributed by atoms with Gasteiger partial charge in [0.2, 0.25) is 0 Å². The maximum Gasteiger partial charge on any atom is 0.312 e. The maximum atomic E-state index is 12.3. The minimum atomic E-state index is -1.68. The first kappa shape index (κ1) is 32.5. The van der Waals surface area contributed by atoms with Crippen molar-refractivity contribution in [3.05, 3.63) is 0 Å². The number of esters is 1. The second kappa shape index (κ2) is 13.3. The van der Waals surface area contributed by atoms with E-state index in [0.717, 1.165) is 68.6 Å². The Morgan fingerprint density at radius 1 is 1.03 bits per heavy atom. The van der Waals surface area contributed by atoms with E-state index in [2.05, 4.69) is 56.5 Å². The van der Waals surface area contributed by atoms with E-state index in [4.69, 9.17) is 18.6 Å². The van der Waals surface area contributed by atoms with E-state index >= 15 is 0 Å². The minimum absolute atomic E-state index is 0.0207. The SMILES string of the molecule is CC(C)(C)[Si](C)(C)OC1CCCC12CCC(=O)CC2.CCOC(=O)C1(CCCI)CCC2(CC1)OCCO2. The van der Waals surface area contributed by atoms with Crippen LogP contribution >= 0.6 is 22.6 Å². The van der Waals surface area contributed by atoms with Crippen molar-refractivity contribution >= 4 is 42.7 Å². The van der Waals surface area contributed by atoms with Gasteiger partial charge in [0.15, 0.2) is 14.1 Å². The lowest BCUT2D eigenvalue weighted by atomic mass is 9.69. The number of ketones is 1. The van der Waals surface area contributed by atoms with Crippen LogP contribution < -0.4 is 0 Å². The Bertz CT molecular complexity index is 781. The Balaban J connectivity index is 0.000000211. The van der Waals surface area contributed by atoms with Crippen molar-refractivity contribution < 1.29 is 28.2 Å². The zero-order chi connectivity index (χ0) is 28.1. The van der Waals surface area contributed by atoms with Crippen LogP contribution in [0.5, 0.6) is 0 Å². The van der Waals surface area contributed by atoms with Crippen molar-refractivity contribution in [1.29, 1.82) is 0 Å². The summed E-state index contributed by atoms with van der Waals surface area (Å²) in [5.41, 5.74) is 0.0329. The molecule has 4 aliphatic rings. The van der Waals surface area contributed by atoms with Gasteiger partial charge in [0.1, 0.15) is 5.78 Å². The molecular formula is C30H53IO6Si. The molecule has 0 aromatic carbocycles. The predicted molar refractivity (Wildman–Crippen MR) is 162 cm³/mol. The minimum Gasteiger partial charge on any atom is -0.466 e. The Morgan fingerprint density at radius 3 is 2.16 bits per heavy atom. The van der Waals surface area contributed by atoms with Crippen LogP contribution in [0.4, 0.5) is 0 Å². The molecule has 0 amide bonds. The summed E-state index contributed by atoms with van der Waals surface area (Å²) in [6.07, 6.45) is 13.2. The van der Waals surface area contributed by atoms with Crippen molar-refractivity contribution in [1.82, 2.24) is 0 Å². The number of hydrogen-bond acceptors (Lipinski definition) is 6. The van der Waals surface area contributed by atoms with Crippen molar-refractivity contribution in [3.63, 3.8) is 0 Å². The summed E-state index contributed by atoms with van der Waals surface area (Å²) in [6.45, 7) is 15.3. The number of Topliss-reactive ketones (excluding diaryl/α,β-unsaturated/α-hetero) is 1. The van der Waals surface area contributed by atoms with Crippen LogP contribution in [0.25, 0.3) is 0 Å². The average molecular weight is 665 g/mol. The van der Waals surface area contributed by atoms with E-state index in [0.29, 0.717) is 37.1 Å². The fourth-order valence-electron chi connectivity index (χ4n) is 6.56. The molecule has 0 N–H and O–H groups in total. The maximum absolute atomic E-state index is 12.3. The predicted octanol–water partition coefficient (Wildman–Crippen LogP) is 7.76. The molecule has 1 aliphatic heterocycles. The van der Waals surface area contributed by atoms with E-state index in [-0.39, 0.29) is 16.4 Å². The van der Waals surface area contributed by atoms with Crippen molar-refractivity contribution in [2.45, 2.75) is 141 Å². The average Bonchev–Trinajstić information content (AvgIpc) is 3.48. The molecule has 2 spiro atoms. The van der Waals surface area contributed by atoms with Gasteiger partial charge < -0.3 is 18.6 Å². The van der Waals surface area contributed by atoms with Crippen molar-refractivity contribution in [2.75, 3.05) is 24.2 Å². The van der Waals surface area contributed by atoms with Gasteiger partial charge in [-0.25, -0.2) is 0 Å². The topological polar surface area (TPSA) is 71.1 Å². The number of halogens is 1. The number of carbonyl (C=O) groups is 2. The van der Waals surface area contributed by atoms with Crippen LogP contribution in [0.1, 0.15) is 111 Å². The third kappa shape index (κ3) is 7.62. The summed E-state index contributed by atoms with van der Waals surface area (Å²) < 4.78 is 24.6. The zero-order valence-electron chi connectivity index (χ0n) is 24.9. The van der Waals surface area contributed by atoms with Crippen LogP contribution in [0.2, 0.25) is 18.1 Å². The van der Waals surface area contributed by atoms with Gasteiger partial charge in [-0.3, -0.25) is 9.59 Å². The lowest BCUT2D eigenvalue weighted by molar-refractivity contribution is -0.200. The highest BCUT2D eigenvalue weighted by Crippen LogP contribution is 2.52. The standard InChI is InChI=1S/C16H30O2Si.C14H23IO4/c1-15(2,3)19(4,5)18-14-7-6-10-16(14)11-8-13(17)9-12-16;1-2-17-12(16)13(4-3-9-15)5-7-14(8-6-13)18-10-11-19-14/h14H,6-12H2,1-5H3;2-11H2,1H3. The largest absolute Gasteiger partial charge is 0.466 e. The van der Waals surface area contributed by atoms with E-state index in [1.807, 2.05) is 6.92 Å². The van der Waals surface area contributed by atoms with Crippen LogP contribution in [0.15, 0.2) is 0 Å². The summed E-state index contributed by atoms with van der Waals surface area (Å²) in [7, 11) is -1.68. The Hall–Kier alpha value is -0.0331. The third-order valence-corrected chi connectivity index (χ3v) is 15.4. The highest BCUT2D eigenvalue weighted by atomic mass is 127. The highest BCUT2D eigenvalue weighted by molar-refractivity contribution is 14.1. The fraction of sp³-hybridized carbons (Fsp3) is 0.933. The lowest BCUT2D eigenvalue weighted by Gasteiger charge is -2.45. The molecule has 8 heteroatoms. The van der Waals surface area contributed by atoms with Gasteiger partial charge in [-0.2, -0.15) is 0 Å². The monoisotopic (exact) mass is 664 g/mol. The molecule has 1 unspecified atom stereocenters. The molecule has 1 saturated heterocycles. The first-order valence-corrected chi connectivity index (χ1v) is 19.5. The zero-order valence-corrected chi connectivity index (χ0v) is 28.1. The molecule has 220 valence electrons. The number of hydrogen-bond donors (Lipinski definition) is 0. The molecule has 0 aromatic rings. The van der Waals surface area contributed by atoms with Gasteiger partial charge >= 0.3 is 5.97 Å². The summed E-state index contributed by atoms with van der Waals surface area (Å²) >= 11 is 2.37. The molecule has 3 saturated carbocycles. The number of rotatable bonds is 7. The summed E-state index contributed by atoms with van der Waals surface area (Å²) in [5, 5.41) is 0.279. The van der Waals surface area contributed by atoms with Gasteiger partial charge in [-0.05, 0) is 86.3 Å². The van der Waals surface area contributed by atoms with E-state index in [1.165, 1.54) is 19.3 Å². The Morgan fingerprint density at radius 2 is 1.63 bits per heavy atom. The Kier molecular flexibility index (Phi) is 11.4. The van der Waals surface area contributed by atoms with E-state index in [9.17, 15) is 9.59 Å². The van der Waals surface area contributed by atoms with Crippen LogP contribution in [0.3, 0.4) is 0 Å². The molecule has 3 aliphatic carbocycles. The molecule has 1 atom stereocenters. The Labute approximate surface area is 246 Å².